The second-order valence-corrected chi connectivity index (χ2v) is 4.78. The average Bonchev–Trinajstić information content (AvgIpc) is 2.28. The van der Waals surface area contributed by atoms with Crippen LogP contribution < -0.4 is 0 Å². The third kappa shape index (κ3) is 2.14. The molecule has 89 valence electrons. The van der Waals surface area contributed by atoms with Crippen LogP contribution in [0, 0.1) is 6.92 Å². The highest BCUT2D eigenvalue weighted by Crippen LogP contribution is 2.65. The van der Waals surface area contributed by atoms with Gasteiger partial charge in [0.2, 0.25) is 0 Å². The molecule has 0 spiro atoms. The van der Waals surface area contributed by atoms with E-state index in [9.17, 15) is 13.3 Å². The van der Waals surface area contributed by atoms with Crippen molar-refractivity contribution in [3.8, 4) is 0 Å². The maximum absolute atomic E-state index is 13.5. The molecule has 0 saturated heterocycles. The lowest BCUT2D eigenvalue weighted by molar-refractivity contribution is -0.225. The maximum atomic E-state index is 13.5. The van der Waals surface area contributed by atoms with Crippen LogP contribution in [0.25, 0.3) is 0 Å². The fourth-order valence-corrected chi connectivity index (χ4v) is 1.68. The Morgan fingerprint density at radius 1 is 1.19 bits per heavy atom. The van der Waals surface area contributed by atoms with Crippen molar-refractivity contribution in [2.45, 2.75) is 5.66 Å². The molecule has 0 atom stereocenters. The van der Waals surface area contributed by atoms with Crippen LogP contribution in [0.5, 0.6) is 0 Å². The molecule has 16 heavy (non-hydrogen) atoms. The molecule has 0 aliphatic rings. The molecule has 1 aromatic rings. The van der Waals surface area contributed by atoms with E-state index in [1.165, 1.54) is 12.1 Å². The summed E-state index contributed by atoms with van der Waals surface area (Å²) >= 11 is 0. The molecule has 1 rings (SSSR count). The Balaban J connectivity index is 3.19. The summed E-state index contributed by atoms with van der Waals surface area (Å²) in [5.74, 6) is 0. The quantitative estimate of drug-likeness (QED) is 0.490. The summed E-state index contributed by atoms with van der Waals surface area (Å²) in [5.41, 5.74) is -4.46. The molecule has 0 bridgehead atoms. The Labute approximate surface area is 89.6 Å². The van der Waals surface area contributed by atoms with Gasteiger partial charge < -0.3 is 0 Å². The summed E-state index contributed by atoms with van der Waals surface area (Å²) < 4.78 is 44.2. The van der Waals surface area contributed by atoms with E-state index in [2.05, 4.69) is 16.3 Å². The highest BCUT2D eigenvalue weighted by molar-refractivity contribution is 7.54. The monoisotopic (exact) mass is 253 g/mol. The molecule has 0 unspecified atom stereocenters. The van der Waals surface area contributed by atoms with Crippen molar-refractivity contribution in [1.82, 2.24) is 0 Å². The molecule has 8 heteroatoms. The molecule has 2 N–H and O–H groups in total. The summed E-state index contributed by atoms with van der Waals surface area (Å²) in [6, 6.07) is 4.32. The first-order valence-corrected chi connectivity index (χ1v) is 5.48. The third-order valence-electron chi connectivity index (χ3n) is 1.86. The van der Waals surface area contributed by atoms with Gasteiger partial charge in [0.05, 0.1) is 0 Å². The number of rotatable bonds is 4. The smallest absolute Gasteiger partial charge is 0.248 e. The molecule has 5 nitrogen and oxygen atoms in total. The van der Waals surface area contributed by atoms with Crippen molar-refractivity contribution < 1.29 is 33.2 Å². The molecule has 0 fully saturated rings. The Hall–Kier alpha value is -0.850. The third-order valence-corrected chi connectivity index (χ3v) is 3.24. The second-order valence-electron chi connectivity index (χ2n) is 2.90. The minimum Gasteiger partial charge on any atom is -0.248 e. The Kier molecular flexibility index (Phi) is 3.77. The van der Waals surface area contributed by atoms with Crippen molar-refractivity contribution in [2.75, 3.05) is 0 Å². The number of hydrogen-bond donors (Lipinski definition) is 2. The number of alkyl halides is 2. The second kappa shape index (κ2) is 4.57. The van der Waals surface area contributed by atoms with Crippen LogP contribution in [-0.2, 0) is 19.6 Å². The zero-order valence-corrected chi connectivity index (χ0v) is 8.73. The van der Waals surface area contributed by atoms with Crippen molar-refractivity contribution in [1.29, 1.82) is 0 Å². The number of halogens is 2. The van der Waals surface area contributed by atoms with Crippen molar-refractivity contribution in [3.05, 3.63) is 42.3 Å². The average molecular weight is 253 g/mol. The highest BCUT2D eigenvalue weighted by Gasteiger charge is 2.56. The summed E-state index contributed by atoms with van der Waals surface area (Å²) in [4.78, 5) is 0. The fourth-order valence-electron chi connectivity index (χ4n) is 0.981. The molecule has 0 aliphatic carbocycles. The Morgan fingerprint density at radius 2 is 1.62 bits per heavy atom. The summed E-state index contributed by atoms with van der Waals surface area (Å²) in [6.45, 7) is 3.47. The first-order valence-electron chi connectivity index (χ1n) is 3.94. The van der Waals surface area contributed by atoms with Crippen molar-refractivity contribution in [2.24, 2.45) is 0 Å². The van der Waals surface area contributed by atoms with Crippen LogP contribution in [0.4, 0.5) is 8.78 Å². The van der Waals surface area contributed by atoms with E-state index in [-0.39, 0.29) is 0 Å². The van der Waals surface area contributed by atoms with Crippen molar-refractivity contribution >= 4 is 7.60 Å². The SMILES string of the molecule is [CH2]c1ccc(C(F)(F)P(=O)(OO)OO)cc1. The van der Waals surface area contributed by atoms with Gasteiger partial charge in [-0.1, -0.05) is 24.3 Å². The van der Waals surface area contributed by atoms with Gasteiger partial charge in [-0.05, 0) is 12.5 Å². The summed E-state index contributed by atoms with van der Waals surface area (Å²) in [5, 5.41) is 16.2. The minimum atomic E-state index is -5.36. The van der Waals surface area contributed by atoms with E-state index in [1.54, 1.807) is 0 Å². The van der Waals surface area contributed by atoms with Gasteiger partial charge in [0, 0.05) is 5.56 Å². The molecule has 0 aliphatic heterocycles. The molecule has 0 heterocycles. The Morgan fingerprint density at radius 3 is 2.00 bits per heavy atom. The molecular weight excluding hydrogens is 245 g/mol. The molecule has 1 radical (unpaired) electrons. The van der Waals surface area contributed by atoms with Crippen LogP contribution in [0.3, 0.4) is 0 Å². The predicted octanol–water partition coefficient (Wildman–Crippen LogP) is 3.09. The molecule has 0 amide bonds. The van der Waals surface area contributed by atoms with Crippen LogP contribution in [0.2, 0.25) is 0 Å². The summed E-state index contributed by atoms with van der Waals surface area (Å²) in [7, 11) is -5.36. The van der Waals surface area contributed by atoms with Gasteiger partial charge in [-0.25, -0.2) is 15.1 Å². The largest absolute Gasteiger partial charge is 0.457 e. The minimum absolute atomic E-state index is 0.462. The van der Waals surface area contributed by atoms with E-state index in [0.29, 0.717) is 5.56 Å². The first-order chi connectivity index (χ1) is 7.37. The summed E-state index contributed by atoms with van der Waals surface area (Å²) in [6.07, 6.45) is 0. The normalized spacial score (nSPS) is 12.8. The van der Waals surface area contributed by atoms with E-state index >= 15 is 0 Å². The molecular formula is C8H8F2O5P. The van der Waals surface area contributed by atoms with Gasteiger partial charge in [0.1, 0.15) is 0 Å². The van der Waals surface area contributed by atoms with Gasteiger partial charge >= 0.3 is 13.3 Å². The van der Waals surface area contributed by atoms with Crippen LogP contribution in [0.15, 0.2) is 24.3 Å². The standard InChI is InChI=1S/C8H8F2O5P/c1-6-2-4-7(5-3-6)8(9,10)16(13,14-11)15-12/h2-5,11-12H,1H2. The predicted molar refractivity (Wildman–Crippen MR) is 49.8 cm³/mol. The topological polar surface area (TPSA) is 76.0 Å². The molecule has 0 aromatic heterocycles. The van der Waals surface area contributed by atoms with Crippen LogP contribution >= 0.6 is 7.60 Å². The van der Waals surface area contributed by atoms with Gasteiger partial charge in [-0.15, -0.1) is 9.35 Å². The molecule has 0 saturated carbocycles. The first kappa shape index (κ1) is 13.2. The number of benzene rings is 1. The fraction of sp³-hybridized carbons (Fsp3) is 0.125. The zero-order chi connectivity index (χ0) is 12.4. The van der Waals surface area contributed by atoms with E-state index < -0.39 is 18.8 Å². The van der Waals surface area contributed by atoms with Crippen molar-refractivity contribution in [3.63, 3.8) is 0 Å². The lowest BCUT2D eigenvalue weighted by Gasteiger charge is -2.20. The van der Waals surface area contributed by atoms with Crippen LogP contribution in [-0.4, -0.2) is 10.5 Å². The van der Waals surface area contributed by atoms with Gasteiger partial charge in [-0.3, -0.25) is 0 Å². The van der Waals surface area contributed by atoms with E-state index in [0.717, 1.165) is 12.1 Å². The Bertz CT molecular complexity index is 397. The maximum Gasteiger partial charge on any atom is 0.457 e. The van der Waals surface area contributed by atoms with Gasteiger partial charge in [0.25, 0.3) is 0 Å². The van der Waals surface area contributed by atoms with Gasteiger partial charge in [0.15, 0.2) is 0 Å². The zero-order valence-electron chi connectivity index (χ0n) is 7.84. The van der Waals surface area contributed by atoms with E-state index in [4.69, 9.17) is 10.5 Å². The lowest BCUT2D eigenvalue weighted by atomic mass is 10.2. The van der Waals surface area contributed by atoms with Gasteiger partial charge in [-0.2, -0.15) is 8.78 Å². The number of hydrogen-bond acceptors (Lipinski definition) is 5. The van der Waals surface area contributed by atoms with E-state index in [1.807, 2.05) is 0 Å². The van der Waals surface area contributed by atoms with Crippen LogP contribution in [0.1, 0.15) is 11.1 Å². The molecule has 1 aromatic carbocycles. The highest BCUT2D eigenvalue weighted by atomic mass is 31.2. The lowest BCUT2D eigenvalue weighted by Crippen LogP contribution is -2.16.